The second kappa shape index (κ2) is 12.5. The molecule has 1 unspecified atom stereocenters. The number of alkyl carbamates (subject to hydrolysis) is 1. The molecule has 0 aliphatic carbocycles. The Balaban J connectivity index is 3.15. The third-order valence-corrected chi connectivity index (χ3v) is 5.22. The van der Waals surface area contributed by atoms with Crippen molar-refractivity contribution in [3.8, 4) is 0 Å². The molecule has 0 saturated heterocycles. The molecule has 1 rings (SSSR count). The van der Waals surface area contributed by atoms with Crippen molar-refractivity contribution in [1.82, 2.24) is 10.6 Å². The van der Waals surface area contributed by atoms with Gasteiger partial charge in [-0.1, -0.05) is 11.5 Å². The number of rotatable bonds is 11. The van der Waals surface area contributed by atoms with E-state index in [4.69, 9.17) is 14.1 Å². The van der Waals surface area contributed by atoms with E-state index in [0.29, 0.717) is 0 Å². The highest BCUT2D eigenvalue weighted by Gasteiger charge is 2.36. The quantitative estimate of drug-likeness (QED) is 0.307. The van der Waals surface area contributed by atoms with E-state index in [2.05, 4.69) is 10.6 Å². The van der Waals surface area contributed by atoms with Crippen molar-refractivity contribution in [2.45, 2.75) is 84.7 Å². The molecule has 201 valence electrons. The molecule has 1 aromatic rings. The first-order valence-electron chi connectivity index (χ1n) is 11.5. The van der Waals surface area contributed by atoms with Gasteiger partial charge in [-0.2, -0.15) is 0 Å². The third-order valence-electron chi connectivity index (χ3n) is 5.22. The summed E-state index contributed by atoms with van der Waals surface area (Å²) >= 11 is 0. The molecule has 1 radical (unpaired) electrons. The van der Waals surface area contributed by atoms with Gasteiger partial charge in [0.2, 0.25) is 5.91 Å². The number of aliphatic hydroxyl groups is 1. The number of ether oxygens (including phenoxy) is 2. The van der Waals surface area contributed by atoms with Crippen LogP contribution in [-0.4, -0.2) is 60.5 Å². The minimum Gasteiger partial charge on any atom is -0.466 e. The highest BCUT2D eigenvalue weighted by molar-refractivity contribution is 6.47. The fraction of sp³-hybridized carbons (Fsp3) is 0.625. The molecule has 1 atom stereocenters. The van der Waals surface area contributed by atoms with Crippen LogP contribution in [0, 0.1) is 11.6 Å². The van der Waals surface area contributed by atoms with E-state index in [1.807, 2.05) is 0 Å². The maximum Gasteiger partial charge on any atom is 0.408 e. The number of nitrogens with one attached hydrogen (secondary N) is 2. The van der Waals surface area contributed by atoms with Crippen LogP contribution in [0.5, 0.6) is 0 Å². The van der Waals surface area contributed by atoms with Gasteiger partial charge in [-0.05, 0) is 61.5 Å². The predicted octanol–water partition coefficient (Wildman–Crippen LogP) is 2.41. The third kappa shape index (κ3) is 10.1. The number of halogens is 2. The van der Waals surface area contributed by atoms with Gasteiger partial charge < -0.3 is 29.9 Å². The summed E-state index contributed by atoms with van der Waals surface area (Å²) < 4.78 is 44.9. The van der Waals surface area contributed by atoms with Crippen LogP contribution in [0.4, 0.5) is 13.6 Å². The van der Waals surface area contributed by atoms with Crippen molar-refractivity contribution < 1.29 is 42.4 Å². The molecule has 0 saturated carbocycles. The molecule has 2 amide bonds. The maximum atomic E-state index is 14.8. The van der Waals surface area contributed by atoms with Crippen molar-refractivity contribution in [2.24, 2.45) is 0 Å². The lowest BCUT2D eigenvalue weighted by atomic mass is 9.81. The van der Waals surface area contributed by atoms with E-state index in [-0.39, 0.29) is 17.6 Å². The van der Waals surface area contributed by atoms with Crippen LogP contribution >= 0.6 is 0 Å². The second-order valence-electron chi connectivity index (χ2n) is 10.2. The molecule has 9 nitrogen and oxygen atoms in total. The van der Waals surface area contributed by atoms with Gasteiger partial charge >= 0.3 is 19.5 Å². The summed E-state index contributed by atoms with van der Waals surface area (Å²) in [5.74, 6) is -4.04. The Morgan fingerprint density at radius 1 is 1.08 bits per heavy atom. The number of esters is 1. The molecule has 12 heteroatoms. The summed E-state index contributed by atoms with van der Waals surface area (Å²) in [7, 11) is 1.15. The Hall–Kier alpha value is -2.73. The average Bonchev–Trinajstić information content (AvgIpc) is 2.70. The second-order valence-corrected chi connectivity index (χ2v) is 10.2. The van der Waals surface area contributed by atoms with E-state index >= 15 is 0 Å². The number of amides is 2. The van der Waals surface area contributed by atoms with Crippen LogP contribution in [-0.2, 0) is 23.7 Å². The predicted molar refractivity (Wildman–Crippen MR) is 130 cm³/mol. The number of hydrogen-bond donors (Lipinski definition) is 3. The minimum absolute atomic E-state index is 0.0459. The monoisotopic (exact) mass is 513 g/mol. The lowest BCUT2D eigenvalue weighted by Crippen LogP contribution is -2.49. The summed E-state index contributed by atoms with van der Waals surface area (Å²) in [6.45, 7) is 12.3. The summed E-state index contributed by atoms with van der Waals surface area (Å²) in [5.41, 5.74) is -3.36. The van der Waals surface area contributed by atoms with E-state index in [0.717, 1.165) is 13.5 Å². The fourth-order valence-corrected chi connectivity index (χ4v) is 2.65. The number of benzene rings is 1. The molecule has 0 aliphatic heterocycles. The van der Waals surface area contributed by atoms with E-state index < -0.39 is 65.4 Å². The SMILES string of the molecule is CCOC(=O)CC(NC(=O)CNC(=O)OC(C)(C)C)c1cc([B]OC(C)(C)C(C)(C)O)cc(F)c1F. The Kier molecular flexibility index (Phi) is 10.9. The fourth-order valence-electron chi connectivity index (χ4n) is 2.65. The van der Waals surface area contributed by atoms with E-state index in [1.165, 1.54) is 19.9 Å². The number of hydrogen-bond acceptors (Lipinski definition) is 7. The summed E-state index contributed by atoms with van der Waals surface area (Å²) in [5, 5.41) is 14.9. The Morgan fingerprint density at radius 3 is 2.22 bits per heavy atom. The zero-order valence-electron chi connectivity index (χ0n) is 22.1. The molecule has 0 aliphatic rings. The van der Waals surface area contributed by atoms with Gasteiger partial charge in [0, 0.05) is 5.56 Å². The van der Waals surface area contributed by atoms with Gasteiger partial charge in [-0.25, -0.2) is 13.6 Å². The van der Waals surface area contributed by atoms with E-state index in [1.54, 1.807) is 41.5 Å². The van der Waals surface area contributed by atoms with Gasteiger partial charge in [0.15, 0.2) is 11.6 Å². The molecule has 0 spiro atoms. The first kappa shape index (κ1) is 31.3. The minimum atomic E-state index is -1.32. The molecule has 0 fully saturated rings. The van der Waals surface area contributed by atoms with E-state index in [9.17, 15) is 28.3 Å². The highest BCUT2D eigenvalue weighted by Crippen LogP contribution is 2.25. The van der Waals surface area contributed by atoms with Crippen LogP contribution in [0.3, 0.4) is 0 Å². The topological polar surface area (TPSA) is 123 Å². The molecule has 0 heterocycles. The first-order valence-corrected chi connectivity index (χ1v) is 11.5. The van der Waals surface area contributed by atoms with Crippen molar-refractivity contribution in [3.05, 3.63) is 29.3 Å². The lowest BCUT2D eigenvalue weighted by Gasteiger charge is -2.37. The number of carbonyl (C=O) groups is 3. The lowest BCUT2D eigenvalue weighted by molar-refractivity contribution is -0.143. The molecule has 36 heavy (non-hydrogen) atoms. The van der Waals surface area contributed by atoms with Crippen LogP contribution in [0.1, 0.15) is 73.4 Å². The standard InChI is InChI=1S/C24H36BF2N2O7/c1-9-34-19(31)12-17(29-18(30)13-28-21(32)35-22(2,3)4)15-10-14(11-16(26)20(15)27)25-36-24(7,8)23(5,6)33/h10-11,17,33H,9,12-13H2,1-8H3,(H,28,32)(H,29,30). The van der Waals surface area contributed by atoms with Crippen molar-refractivity contribution >= 4 is 30.9 Å². The van der Waals surface area contributed by atoms with Gasteiger partial charge in [0.1, 0.15) is 12.1 Å². The largest absolute Gasteiger partial charge is 0.466 e. The molecule has 0 bridgehead atoms. The maximum absolute atomic E-state index is 14.8. The molecule has 1 aromatic carbocycles. The Morgan fingerprint density at radius 2 is 1.69 bits per heavy atom. The molecule has 3 N–H and O–H groups in total. The van der Waals surface area contributed by atoms with Crippen molar-refractivity contribution in [2.75, 3.05) is 13.2 Å². The van der Waals surface area contributed by atoms with Gasteiger partial charge in [0.25, 0.3) is 0 Å². The van der Waals surface area contributed by atoms with Crippen LogP contribution in [0.2, 0.25) is 0 Å². The summed E-state index contributed by atoms with van der Waals surface area (Å²) in [6.07, 6.45) is -1.35. The highest BCUT2D eigenvalue weighted by atomic mass is 19.2. The normalized spacial score (nSPS) is 13.0. The Labute approximate surface area is 211 Å². The van der Waals surface area contributed by atoms with Crippen LogP contribution in [0.25, 0.3) is 0 Å². The van der Waals surface area contributed by atoms with Crippen LogP contribution in [0.15, 0.2) is 12.1 Å². The zero-order valence-corrected chi connectivity index (χ0v) is 22.1. The van der Waals surface area contributed by atoms with Crippen LogP contribution < -0.4 is 16.1 Å². The summed E-state index contributed by atoms with van der Waals surface area (Å²) in [4.78, 5) is 36.4. The molecule has 0 aromatic heterocycles. The van der Waals surface area contributed by atoms with Crippen molar-refractivity contribution in [3.63, 3.8) is 0 Å². The van der Waals surface area contributed by atoms with Gasteiger partial charge in [-0.3, -0.25) is 9.59 Å². The average molecular weight is 513 g/mol. The smallest absolute Gasteiger partial charge is 0.408 e. The number of carbonyl (C=O) groups excluding carboxylic acids is 3. The van der Waals surface area contributed by atoms with Gasteiger partial charge in [-0.15, -0.1) is 0 Å². The molecular formula is C24H36BF2N2O7. The first-order chi connectivity index (χ1) is 16.4. The molecular weight excluding hydrogens is 477 g/mol. The summed E-state index contributed by atoms with van der Waals surface area (Å²) in [6, 6.07) is 0.777. The zero-order chi connectivity index (χ0) is 27.9. The van der Waals surface area contributed by atoms with Gasteiger partial charge in [0.05, 0.1) is 30.3 Å². The van der Waals surface area contributed by atoms with Crippen molar-refractivity contribution in [1.29, 1.82) is 0 Å². The Bertz CT molecular complexity index is 944.